The summed E-state index contributed by atoms with van der Waals surface area (Å²) in [6.45, 7) is 0. The Bertz CT molecular complexity index is 568. The van der Waals surface area contributed by atoms with Crippen molar-refractivity contribution in [1.29, 1.82) is 0 Å². The van der Waals surface area contributed by atoms with Crippen LogP contribution in [0, 0.1) is 0 Å². The van der Waals surface area contributed by atoms with Crippen molar-refractivity contribution in [2.75, 3.05) is 0 Å². The zero-order valence-corrected chi connectivity index (χ0v) is 10.4. The molecule has 18 heavy (non-hydrogen) atoms. The molecule has 0 radical (unpaired) electrons. The third-order valence-corrected chi connectivity index (χ3v) is 3.74. The molecular formula is C13H12N2O2S. The molecule has 1 aliphatic carbocycles. The molecule has 0 spiro atoms. The van der Waals surface area contributed by atoms with Gasteiger partial charge in [-0.05, 0) is 11.1 Å². The average Bonchev–Trinajstić information content (AvgIpc) is 2.98. The molecule has 0 saturated carbocycles. The van der Waals surface area contributed by atoms with Gasteiger partial charge < -0.3 is 10.4 Å². The summed E-state index contributed by atoms with van der Waals surface area (Å²) >= 11 is 1.38. The molecule has 1 aromatic carbocycles. The third kappa shape index (κ3) is 1.91. The van der Waals surface area contributed by atoms with E-state index in [9.17, 15) is 9.90 Å². The minimum atomic E-state index is -0.565. The number of hydrogen-bond acceptors (Lipinski definition) is 4. The van der Waals surface area contributed by atoms with Crippen LogP contribution < -0.4 is 5.32 Å². The van der Waals surface area contributed by atoms with Crippen LogP contribution in [0.25, 0.3) is 0 Å². The van der Waals surface area contributed by atoms with Crippen molar-refractivity contribution < 1.29 is 9.90 Å². The number of carbonyl (C=O) groups excluding carboxylic acids is 1. The van der Waals surface area contributed by atoms with Crippen LogP contribution >= 0.6 is 11.3 Å². The molecule has 2 aromatic rings. The van der Waals surface area contributed by atoms with E-state index in [-0.39, 0.29) is 11.9 Å². The van der Waals surface area contributed by atoms with Gasteiger partial charge in [-0.1, -0.05) is 24.3 Å². The lowest BCUT2D eigenvalue weighted by Gasteiger charge is -2.17. The lowest BCUT2D eigenvalue weighted by atomic mass is 10.1. The van der Waals surface area contributed by atoms with Crippen molar-refractivity contribution in [1.82, 2.24) is 10.3 Å². The van der Waals surface area contributed by atoms with E-state index >= 15 is 0 Å². The molecule has 1 amide bonds. The topological polar surface area (TPSA) is 62.2 Å². The number of aromatic nitrogens is 1. The van der Waals surface area contributed by atoms with Gasteiger partial charge in [0.25, 0.3) is 5.91 Å². The Kier molecular flexibility index (Phi) is 2.85. The molecule has 1 aliphatic rings. The van der Waals surface area contributed by atoms with E-state index in [0.717, 1.165) is 11.1 Å². The summed E-state index contributed by atoms with van der Waals surface area (Å²) in [7, 11) is 0. The smallest absolute Gasteiger partial charge is 0.271 e. The number of aliphatic hydroxyl groups is 1. The molecule has 1 heterocycles. The maximum atomic E-state index is 11.9. The highest BCUT2D eigenvalue weighted by molar-refractivity contribution is 7.07. The van der Waals surface area contributed by atoms with Gasteiger partial charge >= 0.3 is 0 Å². The predicted molar refractivity (Wildman–Crippen MR) is 68.5 cm³/mol. The molecule has 92 valence electrons. The second kappa shape index (κ2) is 4.51. The fraction of sp³-hybridized carbons (Fsp3) is 0.231. The maximum absolute atomic E-state index is 11.9. The molecule has 0 unspecified atom stereocenters. The fourth-order valence-corrected chi connectivity index (χ4v) is 2.82. The van der Waals surface area contributed by atoms with E-state index in [4.69, 9.17) is 0 Å². The summed E-state index contributed by atoms with van der Waals surface area (Å²) in [4.78, 5) is 15.9. The number of aliphatic hydroxyl groups excluding tert-OH is 1. The van der Waals surface area contributed by atoms with Gasteiger partial charge in [0.05, 0.1) is 17.7 Å². The normalized spacial score (nSPS) is 21.6. The van der Waals surface area contributed by atoms with Gasteiger partial charge in [-0.2, -0.15) is 0 Å². The summed E-state index contributed by atoms with van der Waals surface area (Å²) in [5.41, 5.74) is 4.10. The zero-order chi connectivity index (χ0) is 12.5. The molecule has 5 heteroatoms. The SMILES string of the molecule is O=C(N[C@@H]1c2ccccc2C[C@@H]1O)c1cscn1. The quantitative estimate of drug-likeness (QED) is 0.860. The lowest BCUT2D eigenvalue weighted by Crippen LogP contribution is -2.34. The van der Waals surface area contributed by atoms with Crippen LogP contribution in [-0.2, 0) is 6.42 Å². The largest absolute Gasteiger partial charge is 0.390 e. The molecule has 0 fully saturated rings. The van der Waals surface area contributed by atoms with Crippen molar-refractivity contribution in [3.63, 3.8) is 0 Å². The van der Waals surface area contributed by atoms with Gasteiger partial charge in [-0.15, -0.1) is 11.3 Å². The number of benzene rings is 1. The van der Waals surface area contributed by atoms with Crippen molar-refractivity contribution in [3.8, 4) is 0 Å². The minimum absolute atomic E-state index is 0.239. The van der Waals surface area contributed by atoms with Crippen LogP contribution in [0.3, 0.4) is 0 Å². The first-order chi connectivity index (χ1) is 8.75. The van der Waals surface area contributed by atoms with Gasteiger partial charge in [-0.3, -0.25) is 4.79 Å². The highest BCUT2D eigenvalue weighted by atomic mass is 32.1. The molecule has 2 N–H and O–H groups in total. The van der Waals surface area contributed by atoms with Crippen molar-refractivity contribution in [3.05, 3.63) is 52.0 Å². The van der Waals surface area contributed by atoms with E-state index in [1.807, 2.05) is 24.3 Å². The maximum Gasteiger partial charge on any atom is 0.271 e. The molecule has 4 nitrogen and oxygen atoms in total. The number of fused-ring (bicyclic) bond motifs is 1. The Morgan fingerprint density at radius 3 is 3.06 bits per heavy atom. The molecule has 0 aliphatic heterocycles. The molecule has 1 aromatic heterocycles. The minimum Gasteiger partial charge on any atom is -0.390 e. The summed E-state index contributed by atoms with van der Waals surface area (Å²) in [6.07, 6.45) is 0.0167. The standard InChI is InChI=1S/C13H12N2O2S/c16-11-5-8-3-1-2-4-9(8)12(11)15-13(17)10-6-18-7-14-10/h1-4,6-7,11-12,16H,5H2,(H,15,17)/t11-,12+/m0/s1. The Labute approximate surface area is 108 Å². The highest BCUT2D eigenvalue weighted by Crippen LogP contribution is 2.31. The Morgan fingerprint density at radius 2 is 2.28 bits per heavy atom. The van der Waals surface area contributed by atoms with E-state index in [0.29, 0.717) is 12.1 Å². The van der Waals surface area contributed by atoms with Crippen LogP contribution in [0.2, 0.25) is 0 Å². The van der Waals surface area contributed by atoms with Gasteiger partial charge in [0.1, 0.15) is 5.69 Å². The summed E-state index contributed by atoms with van der Waals surface area (Å²) in [5, 5.41) is 14.6. The van der Waals surface area contributed by atoms with Crippen LogP contribution in [0.4, 0.5) is 0 Å². The van der Waals surface area contributed by atoms with E-state index in [1.165, 1.54) is 11.3 Å². The van der Waals surface area contributed by atoms with Crippen molar-refractivity contribution in [2.24, 2.45) is 0 Å². The predicted octanol–water partition coefficient (Wildman–Crippen LogP) is 1.53. The first-order valence-electron chi connectivity index (χ1n) is 5.70. The summed E-state index contributed by atoms with van der Waals surface area (Å²) in [5.74, 6) is -0.239. The van der Waals surface area contributed by atoms with E-state index in [1.54, 1.807) is 10.9 Å². The number of thiazole rings is 1. The lowest BCUT2D eigenvalue weighted by molar-refractivity contribution is 0.0854. The van der Waals surface area contributed by atoms with Crippen LogP contribution in [0.1, 0.15) is 27.7 Å². The molecule has 3 rings (SSSR count). The van der Waals surface area contributed by atoms with Gasteiger partial charge in [0.2, 0.25) is 0 Å². The Hall–Kier alpha value is -1.72. The number of rotatable bonds is 2. The number of hydrogen-bond donors (Lipinski definition) is 2. The number of carbonyl (C=O) groups is 1. The highest BCUT2D eigenvalue weighted by Gasteiger charge is 2.32. The molecule has 0 bridgehead atoms. The molecular weight excluding hydrogens is 248 g/mol. The number of nitrogens with zero attached hydrogens (tertiary/aromatic N) is 1. The van der Waals surface area contributed by atoms with E-state index < -0.39 is 6.10 Å². The van der Waals surface area contributed by atoms with Gasteiger partial charge in [-0.25, -0.2) is 4.98 Å². The second-order valence-electron chi connectivity index (χ2n) is 4.30. The van der Waals surface area contributed by atoms with Gasteiger partial charge in [0, 0.05) is 11.8 Å². The first kappa shape index (κ1) is 11.4. The monoisotopic (exact) mass is 260 g/mol. The summed E-state index contributed by atoms with van der Waals surface area (Å²) < 4.78 is 0. The van der Waals surface area contributed by atoms with Crippen LogP contribution in [-0.4, -0.2) is 22.1 Å². The summed E-state index contributed by atoms with van der Waals surface area (Å²) in [6, 6.07) is 7.44. The molecule has 0 saturated heterocycles. The average molecular weight is 260 g/mol. The second-order valence-corrected chi connectivity index (χ2v) is 5.01. The van der Waals surface area contributed by atoms with Gasteiger partial charge in [0.15, 0.2) is 0 Å². The zero-order valence-electron chi connectivity index (χ0n) is 9.54. The number of nitrogens with one attached hydrogen (secondary N) is 1. The molecule has 2 atom stereocenters. The third-order valence-electron chi connectivity index (χ3n) is 3.16. The first-order valence-corrected chi connectivity index (χ1v) is 6.65. The Morgan fingerprint density at radius 1 is 1.44 bits per heavy atom. The van der Waals surface area contributed by atoms with Crippen LogP contribution in [0.15, 0.2) is 35.2 Å². The fourth-order valence-electron chi connectivity index (χ4n) is 2.29. The van der Waals surface area contributed by atoms with E-state index in [2.05, 4.69) is 10.3 Å². The van der Waals surface area contributed by atoms with Crippen molar-refractivity contribution >= 4 is 17.2 Å². The number of amides is 1. The van der Waals surface area contributed by atoms with Crippen molar-refractivity contribution in [2.45, 2.75) is 18.6 Å². The van der Waals surface area contributed by atoms with Crippen LogP contribution in [0.5, 0.6) is 0 Å². The Balaban J connectivity index is 1.83.